The third-order valence-electron chi connectivity index (χ3n) is 10.4. The smallest absolute Gasteiger partial charge is 0.323 e. The Morgan fingerprint density at radius 1 is 0.632 bits per heavy atom. The van der Waals surface area contributed by atoms with Crippen LogP contribution in [0.15, 0.2) is 130 Å². The van der Waals surface area contributed by atoms with Gasteiger partial charge in [-0.15, -0.1) is 0 Å². The van der Waals surface area contributed by atoms with E-state index >= 15 is 0 Å². The van der Waals surface area contributed by atoms with Crippen LogP contribution in [0.2, 0.25) is 0 Å². The van der Waals surface area contributed by atoms with Gasteiger partial charge in [-0.05, 0) is 108 Å². The summed E-state index contributed by atoms with van der Waals surface area (Å²) in [6, 6.07) is 30.4. The molecule has 5 aromatic carbocycles. The molecule has 57 heavy (non-hydrogen) atoms. The molecule has 14 heteroatoms. The number of likely N-dealkylation sites (tertiary alicyclic amines) is 2. The Bertz CT molecular complexity index is 2300. The van der Waals surface area contributed by atoms with Gasteiger partial charge >= 0.3 is 5.97 Å². The van der Waals surface area contributed by atoms with Gasteiger partial charge in [-0.25, -0.2) is 17.6 Å². The Hall–Kier alpha value is -6.15. The van der Waals surface area contributed by atoms with Crippen molar-refractivity contribution < 1.29 is 41.6 Å². The number of carbonyl (C=O) groups is 3. The number of aliphatic carboxylic acids is 1. The molecule has 2 aliphatic heterocycles. The Balaban J connectivity index is 0.000000183. The van der Waals surface area contributed by atoms with E-state index in [-0.39, 0.29) is 36.5 Å². The molecule has 0 unspecified atom stereocenters. The average molecular weight is 842 g/mol. The molecule has 9 nitrogen and oxygen atoms in total. The molecule has 1 N–H and O–H groups in total. The van der Waals surface area contributed by atoms with Crippen LogP contribution < -0.4 is 0 Å². The van der Waals surface area contributed by atoms with Crippen molar-refractivity contribution in [2.45, 2.75) is 30.2 Å². The summed E-state index contributed by atoms with van der Waals surface area (Å²) in [5.41, 5.74) is 1.06. The first kappa shape index (κ1) is 39.1. The summed E-state index contributed by atoms with van der Waals surface area (Å²) < 4.78 is 60.1. The van der Waals surface area contributed by atoms with E-state index in [0.717, 1.165) is 10.0 Å². The second kappa shape index (κ2) is 16.1. The van der Waals surface area contributed by atoms with Crippen molar-refractivity contribution in [3.63, 3.8) is 0 Å². The number of nitrogens with zero attached hydrogens (tertiary/aromatic N) is 4. The highest BCUT2D eigenvalue weighted by Crippen LogP contribution is 2.44. The van der Waals surface area contributed by atoms with Crippen LogP contribution in [0.3, 0.4) is 0 Å². The predicted octanol–water partition coefficient (Wildman–Crippen LogP) is 8.06. The van der Waals surface area contributed by atoms with Gasteiger partial charge in [0.05, 0.1) is 0 Å². The first-order valence-electron chi connectivity index (χ1n) is 17.8. The zero-order valence-electron chi connectivity index (χ0n) is 30.0. The molecule has 290 valence electrons. The van der Waals surface area contributed by atoms with Crippen LogP contribution >= 0.6 is 15.9 Å². The van der Waals surface area contributed by atoms with Crippen LogP contribution in [0.5, 0.6) is 0 Å². The zero-order valence-corrected chi connectivity index (χ0v) is 31.6. The topological polar surface area (TPSA) is 117 Å². The highest BCUT2D eigenvalue weighted by atomic mass is 79.9. The van der Waals surface area contributed by atoms with E-state index in [4.69, 9.17) is 9.63 Å². The predicted molar refractivity (Wildman–Crippen MR) is 203 cm³/mol. The number of carboxylic acid groups (broad SMARTS) is 1. The molecule has 0 aliphatic carbocycles. The summed E-state index contributed by atoms with van der Waals surface area (Å²) in [6.07, 6.45) is 0.799. The molecule has 2 amide bonds. The van der Waals surface area contributed by atoms with Crippen LogP contribution in [0.4, 0.5) is 17.6 Å². The molecule has 0 atom stereocenters. The lowest BCUT2D eigenvalue weighted by atomic mass is 9.73. The van der Waals surface area contributed by atoms with Crippen LogP contribution in [-0.4, -0.2) is 62.5 Å². The normalized spacial score (nSPS) is 15.7. The average Bonchev–Trinajstić information content (AvgIpc) is 3.90. The maximum Gasteiger partial charge on any atom is 0.323 e. The summed E-state index contributed by atoms with van der Waals surface area (Å²) in [4.78, 5) is 45.1. The summed E-state index contributed by atoms with van der Waals surface area (Å²) in [5, 5.41) is 13.0. The number of hydrogen-bond acceptors (Lipinski definition) is 6. The molecule has 2 aliphatic rings. The van der Waals surface area contributed by atoms with Gasteiger partial charge in [0.2, 0.25) is 23.5 Å². The van der Waals surface area contributed by atoms with Crippen molar-refractivity contribution in [1.29, 1.82) is 0 Å². The van der Waals surface area contributed by atoms with Crippen molar-refractivity contribution in [1.82, 2.24) is 19.9 Å². The largest absolute Gasteiger partial charge is 0.480 e. The van der Waals surface area contributed by atoms with Gasteiger partial charge < -0.3 is 19.4 Å². The van der Waals surface area contributed by atoms with Crippen molar-refractivity contribution in [2.24, 2.45) is 0 Å². The molecule has 0 spiro atoms. The number of rotatable bonds is 9. The molecule has 1 aromatic heterocycles. The molecular weight excluding hydrogens is 808 g/mol. The minimum atomic E-state index is -1.13. The maximum absolute atomic E-state index is 13.8. The van der Waals surface area contributed by atoms with Gasteiger partial charge in [0.15, 0.2) is 0 Å². The summed E-state index contributed by atoms with van der Waals surface area (Å²) in [5.74, 6) is -2.53. The molecule has 0 saturated carbocycles. The van der Waals surface area contributed by atoms with Crippen molar-refractivity contribution in [3.8, 4) is 11.4 Å². The Kier molecular flexibility index (Phi) is 11.1. The van der Waals surface area contributed by atoms with Gasteiger partial charge in [-0.3, -0.25) is 14.4 Å². The number of carbonyl (C=O) groups excluding carboxylic acids is 2. The number of halogens is 5. The fourth-order valence-electron chi connectivity index (χ4n) is 7.57. The van der Waals surface area contributed by atoms with Crippen molar-refractivity contribution in [3.05, 3.63) is 177 Å². The zero-order chi connectivity index (χ0) is 40.3. The molecule has 0 radical (unpaired) electrons. The summed E-state index contributed by atoms with van der Waals surface area (Å²) in [7, 11) is 0. The van der Waals surface area contributed by atoms with Crippen LogP contribution in [-0.2, 0) is 31.8 Å². The van der Waals surface area contributed by atoms with E-state index in [1.54, 1.807) is 29.2 Å². The van der Waals surface area contributed by atoms with Gasteiger partial charge in [0.25, 0.3) is 0 Å². The highest BCUT2D eigenvalue weighted by molar-refractivity contribution is 9.10. The number of benzene rings is 5. The van der Waals surface area contributed by atoms with Crippen LogP contribution in [0.25, 0.3) is 11.4 Å². The first-order valence-corrected chi connectivity index (χ1v) is 18.6. The van der Waals surface area contributed by atoms with Gasteiger partial charge in [0.1, 0.15) is 47.2 Å². The molecule has 0 bridgehead atoms. The molecular formula is C43H33BrF4N4O5. The number of amides is 2. The molecule has 6 aromatic rings. The van der Waals surface area contributed by atoms with E-state index < -0.39 is 35.0 Å². The van der Waals surface area contributed by atoms with Crippen LogP contribution in [0, 0.1) is 23.3 Å². The molecule has 2 saturated heterocycles. The Morgan fingerprint density at radius 3 is 1.42 bits per heavy atom. The SMILES string of the molecule is O=C(O)CN1CCC(c2ccc(F)cc2)(c2ccc(F)cc2)C1=O.O=C1N(Cc2nc(-c3ccc(Br)cc3)no2)CCC1(c1ccc(F)cc1)c1ccc(F)cc1. The van der Waals surface area contributed by atoms with Crippen molar-refractivity contribution in [2.75, 3.05) is 19.6 Å². The first-order chi connectivity index (χ1) is 27.4. The quantitative estimate of drug-likeness (QED) is 0.147. The Labute approximate surface area is 332 Å². The molecule has 2 fully saturated rings. The highest BCUT2D eigenvalue weighted by Gasteiger charge is 2.51. The second-order valence-electron chi connectivity index (χ2n) is 13.7. The van der Waals surface area contributed by atoms with E-state index in [0.29, 0.717) is 53.4 Å². The monoisotopic (exact) mass is 840 g/mol. The molecule has 8 rings (SSSR count). The lowest BCUT2D eigenvalue weighted by Gasteiger charge is -2.29. The Morgan fingerprint density at radius 2 is 1.02 bits per heavy atom. The third kappa shape index (κ3) is 7.82. The number of carboxylic acids is 1. The fourth-order valence-corrected chi connectivity index (χ4v) is 7.83. The molecule has 3 heterocycles. The minimum Gasteiger partial charge on any atom is -0.480 e. The van der Waals surface area contributed by atoms with Crippen molar-refractivity contribution >= 4 is 33.7 Å². The van der Waals surface area contributed by atoms with Crippen LogP contribution in [0.1, 0.15) is 41.0 Å². The fraction of sp³-hybridized carbons (Fsp3) is 0.186. The number of hydrogen-bond donors (Lipinski definition) is 1. The number of aromatic nitrogens is 2. The standard InChI is InChI=1S/C25H18BrF2N3O2.C18H15F2NO3/c26-19-7-1-16(2-8-19)23-29-22(33-30-23)15-31-14-13-25(24(31)32,17-3-9-20(27)10-4-17)18-5-11-21(28)12-6-18;19-14-5-1-12(2-6-14)18(13-3-7-15(20)8-4-13)9-10-21(17(18)24)11-16(22)23/h1-12H,13-15H2;1-8H,9-11H2,(H,22,23). The van der Waals surface area contributed by atoms with Gasteiger partial charge in [-0.1, -0.05) is 69.6 Å². The van der Waals surface area contributed by atoms with Gasteiger partial charge in [0, 0.05) is 23.1 Å². The van der Waals surface area contributed by atoms with E-state index in [1.165, 1.54) is 77.7 Å². The van der Waals surface area contributed by atoms with E-state index in [9.17, 15) is 31.9 Å². The summed E-state index contributed by atoms with van der Waals surface area (Å²) in [6.45, 7) is 0.443. The second-order valence-corrected chi connectivity index (χ2v) is 14.6. The lowest BCUT2D eigenvalue weighted by molar-refractivity contribution is -0.143. The lowest BCUT2D eigenvalue weighted by Crippen LogP contribution is -2.40. The minimum absolute atomic E-state index is 0.145. The van der Waals surface area contributed by atoms with E-state index in [2.05, 4.69) is 26.1 Å². The third-order valence-corrected chi connectivity index (χ3v) is 10.9. The van der Waals surface area contributed by atoms with E-state index in [1.807, 2.05) is 24.3 Å². The maximum atomic E-state index is 13.8. The van der Waals surface area contributed by atoms with Gasteiger partial charge in [-0.2, -0.15) is 4.98 Å². The summed E-state index contributed by atoms with van der Waals surface area (Å²) >= 11 is 3.40.